The van der Waals surface area contributed by atoms with E-state index in [2.05, 4.69) is 78.5 Å². The van der Waals surface area contributed by atoms with Crippen molar-refractivity contribution in [2.45, 2.75) is 64.1 Å². The maximum absolute atomic E-state index is 10.00. The van der Waals surface area contributed by atoms with Crippen molar-refractivity contribution in [3.8, 4) is 17.2 Å². The first-order valence-electron chi connectivity index (χ1n) is 11.2. The van der Waals surface area contributed by atoms with Gasteiger partial charge < -0.3 is 15.0 Å². The van der Waals surface area contributed by atoms with Gasteiger partial charge in [-0.3, -0.25) is 0 Å². The van der Waals surface area contributed by atoms with Gasteiger partial charge in [0.2, 0.25) is 0 Å². The molecular formula is C27H29N3O. The van der Waals surface area contributed by atoms with Gasteiger partial charge in [0.1, 0.15) is 0 Å². The zero-order valence-corrected chi connectivity index (χ0v) is 18.4. The lowest BCUT2D eigenvalue weighted by Gasteiger charge is -2.30. The highest BCUT2D eigenvalue weighted by atomic mass is 16.3. The second kappa shape index (κ2) is 7.28. The van der Waals surface area contributed by atoms with E-state index in [1.807, 2.05) is 6.92 Å². The minimum absolute atomic E-state index is 0.0757. The molecule has 2 aliphatic rings. The number of aromatic nitrogens is 1. The molecule has 5 rings (SSSR count). The van der Waals surface area contributed by atoms with Crippen molar-refractivity contribution < 1.29 is 5.11 Å². The number of aliphatic hydroxyl groups excluding tert-OH is 1. The van der Waals surface area contributed by atoms with Gasteiger partial charge in [-0.2, -0.15) is 5.26 Å². The number of nitrogens with zero attached hydrogens (tertiary/aromatic N) is 2. The largest absolute Gasteiger partial charge is 0.393 e. The summed E-state index contributed by atoms with van der Waals surface area (Å²) in [5, 5.41) is 24.4. The van der Waals surface area contributed by atoms with Gasteiger partial charge in [-0.15, -0.1) is 0 Å². The Morgan fingerprint density at radius 1 is 1.13 bits per heavy atom. The summed E-state index contributed by atoms with van der Waals surface area (Å²) in [6.07, 6.45) is 10.2. The van der Waals surface area contributed by atoms with E-state index < -0.39 is 0 Å². The molecular weight excluding hydrogens is 382 g/mol. The number of rotatable bonds is 2. The minimum atomic E-state index is -0.176. The number of nitriles is 1. The van der Waals surface area contributed by atoms with Gasteiger partial charge in [-0.25, -0.2) is 0 Å². The molecule has 1 aliphatic heterocycles. The van der Waals surface area contributed by atoms with Crippen LogP contribution in [0.1, 0.15) is 62.3 Å². The van der Waals surface area contributed by atoms with Crippen LogP contribution in [0.15, 0.2) is 42.6 Å². The summed E-state index contributed by atoms with van der Waals surface area (Å²) in [6.45, 7) is 6.35. The molecule has 0 amide bonds. The number of fused-ring (bicyclic) bond motifs is 2. The van der Waals surface area contributed by atoms with Crippen LogP contribution in [0.3, 0.4) is 0 Å². The summed E-state index contributed by atoms with van der Waals surface area (Å²) in [5.74, 6) is 0. The third-order valence-corrected chi connectivity index (χ3v) is 6.88. The van der Waals surface area contributed by atoms with Crippen LogP contribution in [0, 0.1) is 18.3 Å². The highest BCUT2D eigenvalue weighted by molar-refractivity contribution is 6.01. The number of hydrogen-bond acceptors (Lipinski definition) is 3. The molecule has 3 aromatic rings. The number of hydrogen-bond donors (Lipinski definition) is 2. The van der Waals surface area contributed by atoms with Crippen LogP contribution in [-0.4, -0.2) is 21.3 Å². The number of benzene rings is 2. The standard InChI is InChI=1S/C27H29N3O/c1-17-13-26-23(14-18(17)15-28)24(16-30(26)19-7-9-20(31)10-8-19)21-5-4-6-25-22(21)11-12-27(2,3)29-25/h4-6,11-14,16,19-20,29,31H,7-10H2,1-3H3. The maximum atomic E-state index is 10.00. The van der Waals surface area contributed by atoms with E-state index in [0.29, 0.717) is 6.04 Å². The van der Waals surface area contributed by atoms with E-state index in [-0.39, 0.29) is 11.6 Å². The van der Waals surface area contributed by atoms with Gasteiger partial charge in [-0.05, 0) is 75.8 Å². The van der Waals surface area contributed by atoms with Crippen molar-refractivity contribution in [2.75, 3.05) is 5.32 Å². The van der Waals surface area contributed by atoms with E-state index in [4.69, 9.17) is 0 Å². The van der Waals surface area contributed by atoms with Crippen molar-refractivity contribution in [1.29, 1.82) is 5.26 Å². The van der Waals surface area contributed by atoms with Crippen LogP contribution >= 0.6 is 0 Å². The Balaban J connectivity index is 1.72. The van der Waals surface area contributed by atoms with Crippen LogP contribution in [-0.2, 0) is 0 Å². The number of nitrogens with one attached hydrogen (secondary N) is 1. The molecule has 0 radical (unpaired) electrons. The van der Waals surface area contributed by atoms with Crippen LogP contribution < -0.4 is 5.32 Å². The zero-order valence-electron chi connectivity index (χ0n) is 18.4. The first kappa shape index (κ1) is 19.9. The van der Waals surface area contributed by atoms with E-state index >= 15 is 0 Å². The van der Waals surface area contributed by atoms with Crippen molar-refractivity contribution in [3.05, 3.63) is 59.3 Å². The molecule has 1 fully saturated rings. The molecule has 2 N–H and O–H groups in total. The second-order valence-electron chi connectivity index (χ2n) is 9.66. The second-order valence-corrected chi connectivity index (χ2v) is 9.66. The molecule has 1 aromatic heterocycles. The molecule has 0 atom stereocenters. The molecule has 31 heavy (non-hydrogen) atoms. The fraction of sp³-hybridized carbons (Fsp3) is 0.370. The summed E-state index contributed by atoms with van der Waals surface area (Å²) >= 11 is 0. The molecule has 1 aliphatic carbocycles. The lowest BCUT2D eigenvalue weighted by molar-refractivity contribution is 0.111. The fourth-order valence-corrected chi connectivity index (χ4v) is 5.14. The average molecular weight is 412 g/mol. The molecule has 1 saturated carbocycles. The third-order valence-electron chi connectivity index (χ3n) is 6.88. The Bertz CT molecular complexity index is 1230. The first-order chi connectivity index (χ1) is 14.9. The maximum Gasteiger partial charge on any atom is 0.0994 e. The van der Waals surface area contributed by atoms with Crippen LogP contribution in [0.25, 0.3) is 28.1 Å². The highest BCUT2D eigenvalue weighted by Crippen LogP contribution is 2.42. The van der Waals surface area contributed by atoms with E-state index in [0.717, 1.165) is 47.9 Å². The Morgan fingerprint density at radius 3 is 2.65 bits per heavy atom. The summed E-state index contributed by atoms with van der Waals surface area (Å²) in [7, 11) is 0. The quantitative estimate of drug-likeness (QED) is 0.529. The Kier molecular flexibility index (Phi) is 4.68. The predicted molar refractivity (Wildman–Crippen MR) is 127 cm³/mol. The van der Waals surface area contributed by atoms with Gasteiger partial charge in [0, 0.05) is 40.0 Å². The fourth-order valence-electron chi connectivity index (χ4n) is 5.14. The topological polar surface area (TPSA) is 61.0 Å². The normalized spacial score (nSPS) is 22.0. The van der Waals surface area contributed by atoms with Crippen LogP contribution in [0.2, 0.25) is 0 Å². The third kappa shape index (κ3) is 3.43. The van der Waals surface area contributed by atoms with Crippen molar-refractivity contribution in [1.82, 2.24) is 4.57 Å². The monoisotopic (exact) mass is 411 g/mol. The van der Waals surface area contributed by atoms with Gasteiger partial charge in [0.05, 0.1) is 23.3 Å². The molecule has 0 spiro atoms. The van der Waals surface area contributed by atoms with Gasteiger partial charge in [0.25, 0.3) is 0 Å². The summed E-state index contributed by atoms with van der Waals surface area (Å²) < 4.78 is 2.40. The average Bonchev–Trinajstić information content (AvgIpc) is 3.10. The molecule has 0 bridgehead atoms. The lowest BCUT2D eigenvalue weighted by Crippen LogP contribution is -2.30. The van der Waals surface area contributed by atoms with E-state index in [9.17, 15) is 10.4 Å². The predicted octanol–water partition coefficient (Wildman–Crippen LogP) is 6.18. The smallest absolute Gasteiger partial charge is 0.0994 e. The van der Waals surface area contributed by atoms with Crippen LogP contribution in [0.4, 0.5) is 5.69 Å². The molecule has 2 aromatic carbocycles. The first-order valence-corrected chi connectivity index (χ1v) is 11.2. The summed E-state index contributed by atoms with van der Waals surface area (Å²) in [6, 6.07) is 13.4. The Labute approximate surface area is 183 Å². The van der Waals surface area contributed by atoms with Gasteiger partial charge in [0.15, 0.2) is 0 Å². The Hall–Kier alpha value is -3.03. The van der Waals surface area contributed by atoms with Crippen molar-refractivity contribution >= 4 is 22.7 Å². The number of anilines is 1. The number of aryl methyl sites for hydroxylation is 1. The van der Waals surface area contributed by atoms with Gasteiger partial charge in [-0.1, -0.05) is 24.3 Å². The lowest BCUT2D eigenvalue weighted by atomic mass is 9.91. The number of aliphatic hydroxyl groups is 1. The van der Waals surface area contributed by atoms with Crippen LogP contribution in [0.5, 0.6) is 0 Å². The van der Waals surface area contributed by atoms with Gasteiger partial charge >= 0.3 is 0 Å². The summed E-state index contributed by atoms with van der Waals surface area (Å²) in [5.41, 5.74) is 7.52. The molecule has 0 saturated heterocycles. The molecule has 0 unspecified atom stereocenters. The molecule has 158 valence electrons. The van der Waals surface area contributed by atoms with Crippen molar-refractivity contribution in [3.63, 3.8) is 0 Å². The molecule has 2 heterocycles. The Morgan fingerprint density at radius 2 is 1.90 bits per heavy atom. The molecule has 4 nitrogen and oxygen atoms in total. The molecule has 4 heteroatoms. The highest BCUT2D eigenvalue weighted by Gasteiger charge is 2.26. The van der Waals surface area contributed by atoms with Crippen molar-refractivity contribution in [2.24, 2.45) is 0 Å². The summed E-state index contributed by atoms with van der Waals surface area (Å²) in [4.78, 5) is 0. The zero-order chi connectivity index (χ0) is 21.8. The van der Waals surface area contributed by atoms with E-state index in [1.54, 1.807) is 0 Å². The van der Waals surface area contributed by atoms with E-state index in [1.165, 1.54) is 22.2 Å². The SMILES string of the molecule is Cc1cc2c(cc1C#N)c(-c1cccc3c1C=CC(C)(C)N3)cn2C1CCC(O)CC1. The minimum Gasteiger partial charge on any atom is -0.393 e.